The molecule has 29 heavy (non-hydrogen) atoms. The summed E-state index contributed by atoms with van der Waals surface area (Å²) < 4.78 is 41.2. The van der Waals surface area contributed by atoms with Gasteiger partial charge in [0.25, 0.3) is 5.91 Å². The van der Waals surface area contributed by atoms with Gasteiger partial charge in [-0.15, -0.1) is 0 Å². The van der Waals surface area contributed by atoms with Crippen molar-refractivity contribution in [3.8, 4) is 17.4 Å². The van der Waals surface area contributed by atoms with E-state index in [4.69, 9.17) is 9.56 Å². The van der Waals surface area contributed by atoms with Gasteiger partial charge >= 0.3 is 0 Å². The molecule has 0 radical (unpaired) electrons. The zero-order valence-electron chi connectivity index (χ0n) is 14.8. The zero-order chi connectivity index (χ0) is 21.0. The predicted octanol–water partition coefficient (Wildman–Crippen LogP) is 3.28. The Labute approximate surface area is 165 Å². The minimum atomic E-state index is -3.80. The first-order valence-electron chi connectivity index (χ1n) is 8.18. The molecular formula is C20H14FN3O4S. The third-order valence-electron chi connectivity index (χ3n) is 3.85. The van der Waals surface area contributed by atoms with Crippen LogP contribution < -0.4 is 10.5 Å². The number of furan rings is 1. The number of hydrogen-bond donors (Lipinski definition) is 2. The maximum absolute atomic E-state index is 12.9. The van der Waals surface area contributed by atoms with Crippen molar-refractivity contribution in [2.24, 2.45) is 5.14 Å². The molecule has 0 unspecified atom stereocenters. The van der Waals surface area contributed by atoms with E-state index in [2.05, 4.69) is 5.32 Å². The van der Waals surface area contributed by atoms with Crippen molar-refractivity contribution < 1.29 is 22.0 Å². The monoisotopic (exact) mass is 411 g/mol. The highest BCUT2D eigenvalue weighted by molar-refractivity contribution is 7.89. The highest BCUT2D eigenvalue weighted by Crippen LogP contribution is 2.24. The molecule has 7 nitrogen and oxygen atoms in total. The molecule has 1 amide bonds. The Morgan fingerprint density at radius 2 is 1.72 bits per heavy atom. The molecule has 0 spiro atoms. The van der Waals surface area contributed by atoms with Crippen LogP contribution in [0.25, 0.3) is 17.4 Å². The summed E-state index contributed by atoms with van der Waals surface area (Å²) in [6.07, 6.45) is 1.26. The van der Waals surface area contributed by atoms with E-state index < -0.39 is 21.7 Å². The molecule has 1 heterocycles. The first-order valence-corrected chi connectivity index (χ1v) is 9.73. The summed E-state index contributed by atoms with van der Waals surface area (Å²) in [6, 6.07) is 15.8. The van der Waals surface area contributed by atoms with Crippen LogP contribution in [0.5, 0.6) is 0 Å². The van der Waals surface area contributed by atoms with E-state index >= 15 is 0 Å². The van der Waals surface area contributed by atoms with Crippen molar-refractivity contribution in [2.75, 3.05) is 5.32 Å². The fourth-order valence-corrected chi connectivity index (χ4v) is 2.93. The van der Waals surface area contributed by atoms with Crippen LogP contribution in [0.3, 0.4) is 0 Å². The van der Waals surface area contributed by atoms with Crippen molar-refractivity contribution in [1.29, 1.82) is 5.26 Å². The number of benzene rings is 2. The summed E-state index contributed by atoms with van der Waals surface area (Å²) in [5.74, 6) is -0.455. The molecule has 0 saturated carbocycles. The number of rotatable bonds is 5. The Morgan fingerprint density at radius 3 is 2.31 bits per heavy atom. The zero-order valence-corrected chi connectivity index (χ0v) is 15.6. The van der Waals surface area contributed by atoms with Crippen LogP contribution in [0.2, 0.25) is 0 Å². The van der Waals surface area contributed by atoms with Gasteiger partial charge in [-0.25, -0.2) is 17.9 Å². The van der Waals surface area contributed by atoms with Crippen molar-refractivity contribution >= 4 is 27.7 Å². The fraction of sp³-hybridized carbons (Fsp3) is 0. The van der Waals surface area contributed by atoms with Crippen LogP contribution in [0.15, 0.2) is 75.5 Å². The molecule has 146 valence electrons. The van der Waals surface area contributed by atoms with Crippen molar-refractivity contribution in [1.82, 2.24) is 0 Å². The standard InChI is InChI=1S/C20H14FN3O4S/c21-15-3-5-16(6-4-15)24-20(25)14(12-22)11-17-7-10-19(28-17)13-1-8-18(9-2-13)29(23,26)27/h1-11H,(H,24,25)(H2,23,26,27)/b14-11+. The molecule has 0 aliphatic heterocycles. The minimum Gasteiger partial charge on any atom is -0.457 e. The molecule has 2 aromatic carbocycles. The van der Waals surface area contributed by atoms with Gasteiger partial charge < -0.3 is 9.73 Å². The number of carbonyl (C=O) groups excluding carboxylic acids is 1. The van der Waals surface area contributed by atoms with E-state index in [0.717, 1.165) is 0 Å². The molecule has 3 rings (SSSR count). The largest absolute Gasteiger partial charge is 0.457 e. The third kappa shape index (κ3) is 4.95. The van der Waals surface area contributed by atoms with Crippen LogP contribution in [0.4, 0.5) is 10.1 Å². The van der Waals surface area contributed by atoms with Crippen LogP contribution in [0, 0.1) is 17.1 Å². The van der Waals surface area contributed by atoms with Gasteiger partial charge in [0.15, 0.2) is 0 Å². The maximum Gasteiger partial charge on any atom is 0.266 e. The molecule has 0 aliphatic carbocycles. The average molecular weight is 411 g/mol. The summed E-state index contributed by atoms with van der Waals surface area (Å²) in [4.78, 5) is 12.2. The summed E-state index contributed by atoms with van der Waals surface area (Å²) in [5.41, 5.74) is 0.721. The maximum atomic E-state index is 12.9. The Bertz CT molecular complexity index is 1220. The second kappa shape index (κ2) is 8.10. The summed E-state index contributed by atoms with van der Waals surface area (Å²) in [5, 5.41) is 16.8. The van der Waals surface area contributed by atoms with Gasteiger partial charge in [0.2, 0.25) is 10.0 Å². The number of sulfonamides is 1. The SMILES string of the molecule is N#C/C(=C\c1ccc(-c2ccc(S(N)(=O)=O)cc2)o1)C(=O)Nc1ccc(F)cc1. The first-order chi connectivity index (χ1) is 13.8. The molecule has 0 saturated heterocycles. The van der Waals surface area contributed by atoms with Crippen LogP contribution in [0.1, 0.15) is 5.76 Å². The second-order valence-electron chi connectivity index (χ2n) is 5.90. The van der Waals surface area contributed by atoms with E-state index in [9.17, 15) is 22.9 Å². The van der Waals surface area contributed by atoms with Crippen LogP contribution in [-0.4, -0.2) is 14.3 Å². The Balaban J connectivity index is 1.79. The highest BCUT2D eigenvalue weighted by Gasteiger charge is 2.12. The Morgan fingerprint density at radius 1 is 1.07 bits per heavy atom. The number of hydrogen-bond acceptors (Lipinski definition) is 5. The molecule has 0 fully saturated rings. The topological polar surface area (TPSA) is 126 Å². The van der Waals surface area contributed by atoms with Crippen LogP contribution >= 0.6 is 0 Å². The summed E-state index contributed by atoms with van der Waals surface area (Å²) in [7, 11) is -3.80. The van der Waals surface area contributed by atoms with Gasteiger partial charge in [0, 0.05) is 17.3 Å². The Kier molecular flexibility index (Phi) is 5.59. The number of anilines is 1. The van der Waals surface area contributed by atoms with E-state index in [-0.39, 0.29) is 16.2 Å². The lowest BCUT2D eigenvalue weighted by Crippen LogP contribution is -2.13. The molecule has 9 heteroatoms. The van der Waals surface area contributed by atoms with E-state index in [1.807, 2.05) is 0 Å². The highest BCUT2D eigenvalue weighted by atomic mass is 32.2. The quantitative estimate of drug-likeness (QED) is 0.492. The molecule has 0 bridgehead atoms. The minimum absolute atomic E-state index is 0.0304. The van der Waals surface area contributed by atoms with Gasteiger partial charge in [-0.3, -0.25) is 4.79 Å². The predicted molar refractivity (Wildman–Crippen MR) is 104 cm³/mol. The average Bonchev–Trinajstić information content (AvgIpc) is 3.16. The number of nitrogens with zero attached hydrogens (tertiary/aromatic N) is 1. The van der Waals surface area contributed by atoms with Gasteiger partial charge in [-0.05, 0) is 60.7 Å². The number of amides is 1. The summed E-state index contributed by atoms with van der Waals surface area (Å²) in [6.45, 7) is 0. The lowest BCUT2D eigenvalue weighted by atomic mass is 10.2. The fourth-order valence-electron chi connectivity index (χ4n) is 2.42. The second-order valence-corrected chi connectivity index (χ2v) is 7.46. The number of primary sulfonamides is 1. The number of nitriles is 1. The number of nitrogens with two attached hydrogens (primary N) is 1. The number of carbonyl (C=O) groups is 1. The van der Waals surface area contributed by atoms with Crippen LogP contribution in [-0.2, 0) is 14.8 Å². The molecule has 3 aromatic rings. The molecule has 0 aliphatic rings. The van der Waals surface area contributed by atoms with E-state index in [1.165, 1.54) is 54.6 Å². The smallest absolute Gasteiger partial charge is 0.266 e. The van der Waals surface area contributed by atoms with Crippen molar-refractivity contribution in [3.05, 3.63) is 77.8 Å². The number of halogens is 1. The van der Waals surface area contributed by atoms with Crippen molar-refractivity contribution in [2.45, 2.75) is 4.90 Å². The molecule has 0 atom stereocenters. The number of nitrogens with one attached hydrogen (secondary N) is 1. The Hall–Kier alpha value is -3.74. The lowest BCUT2D eigenvalue weighted by molar-refractivity contribution is -0.112. The molecule has 1 aromatic heterocycles. The lowest BCUT2D eigenvalue weighted by Gasteiger charge is -2.03. The molecular weight excluding hydrogens is 397 g/mol. The van der Waals surface area contributed by atoms with Gasteiger partial charge in [0.1, 0.15) is 29.0 Å². The first kappa shape index (κ1) is 20.0. The van der Waals surface area contributed by atoms with E-state index in [0.29, 0.717) is 17.0 Å². The van der Waals surface area contributed by atoms with E-state index in [1.54, 1.807) is 18.2 Å². The summed E-state index contributed by atoms with van der Waals surface area (Å²) >= 11 is 0. The van der Waals surface area contributed by atoms with Crippen molar-refractivity contribution in [3.63, 3.8) is 0 Å². The third-order valence-corrected chi connectivity index (χ3v) is 4.78. The normalized spacial score (nSPS) is 11.7. The van der Waals surface area contributed by atoms with Gasteiger partial charge in [-0.1, -0.05) is 0 Å². The van der Waals surface area contributed by atoms with Gasteiger partial charge in [0.05, 0.1) is 4.90 Å². The molecule has 3 N–H and O–H groups in total. The van der Waals surface area contributed by atoms with Gasteiger partial charge in [-0.2, -0.15) is 5.26 Å².